The smallest absolute Gasteiger partial charge is 0.380 e. The van der Waals surface area contributed by atoms with E-state index in [4.69, 9.17) is 39.1 Å². The van der Waals surface area contributed by atoms with Crippen molar-refractivity contribution in [2.45, 2.75) is 172 Å². The summed E-state index contributed by atoms with van der Waals surface area (Å²) in [5, 5.41) is 40.8. The Morgan fingerprint density at radius 2 is 0.816 bits per heavy atom. The van der Waals surface area contributed by atoms with Crippen molar-refractivity contribution >= 4 is 47.5 Å². The van der Waals surface area contributed by atoms with Crippen LogP contribution in [0.15, 0.2) is 205 Å². The lowest BCUT2D eigenvalue weighted by Crippen LogP contribution is -2.55. The Labute approximate surface area is 670 Å². The Bertz CT molecular complexity index is 5460. The molecule has 0 amide bonds. The van der Waals surface area contributed by atoms with Crippen LogP contribution in [0.4, 0.5) is 30.7 Å². The van der Waals surface area contributed by atoms with E-state index in [9.17, 15) is 40.9 Å². The first-order valence-electron chi connectivity index (χ1n) is 39.0. The largest absolute Gasteiger partial charge is 0.418 e. The van der Waals surface area contributed by atoms with E-state index in [-0.39, 0.29) is 64.6 Å². The third-order valence-corrected chi connectivity index (χ3v) is 26.7. The minimum atomic E-state index is -4.69. The number of alkyl halides is 3. The van der Waals surface area contributed by atoms with E-state index in [1.165, 1.54) is 95.1 Å². The normalized spacial score (nSPS) is 25.8. The zero-order valence-corrected chi connectivity index (χ0v) is 66.0. The summed E-state index contributed by atoms with van der Waals surface area (Å²) in [5.74, 6) is 1.48. The zero-order valence-electron chi connectivity index (χ0n) is 64.5. The fraction of sp³-hybridized carbons (Fsp3) is 0.355. The number of fused-ring (bicyclic) bond motifs is 8. The molecule has 4 saturated carbocycles. The second-order valence-electron chi connectivity index (χ2n) is 32.5. The van der Waals surface area contributed by atoms with Gasteiger partial charge in [-0.3, -0.25) is 0 Å². The van der Waals surface area contributed by atoms with Gasteiger partial charge < -0.3 is 19.7 Å². The highest BCUT2D eigenvalue weighted by Crippen LogP contribution is 2.63. The van der Waals surface area contributed by atoms with Gasteiger partial charge in [0.25, 0.3) is 0 Å². The first-order chi connectivity index (χ1) is 54.5. The lowest BCUT2D eigenvalue weighted by atomic mass is 9.65. The van der Waals surface area contributed by atoms with Crippen LogP contribution in [-0.4, -0.2) is 91.1 Å². The Balaban J connectivity index is 0.000000121. The first kappa shape index (κ1) is 79.6. The van der Waals surface area contributed by atoms with E-state index in [0.717, 1.165) is 139 Å². The zero-order chi connectivity index (χ0) is 80.4. The number of aryl methyl sites for hydroxylation is 2. The van der Waals surface area contributed by atoms with Crippen LogP contribution in [0.2, 0.25) is 10.0 Å². The van der Waals surface area contributed by atoms with E-state index in [1.807, 2.05) is 76.0 Å². The Hall–Kier alpha value is -9.65. The monoisotopic (exact) mass is 1590 g/mol. The van der Waals surface area contributed by atoms with Gasteiger partial charge in [0.1, 0.15) is 28.9 Å². The summed E-state index contributed by atoms with van der Waals surface area (Å²) in [4.78, 5) is 0. The second kappa shape index (κ2) is 30.8. The minimum Gasteiger partial charge on any atom is -0.380 e. The Morgan fingerprint density at radius 3 is 1.17 bits per heavy atom. The maximum absolute atomic E-state index is 13.5. The third kappa shape index (κ3) is 14.2. The molecule has 0 saturated heterocycles. The van der Waals surface area contributed by atoms with E-state index in [1.54, 1.807) is 59.3 Å². The van der Waals surface area contributed by atoms with Crippen molar-refractivity contribution < 1.29 is 50.4 Å². The topological polar surface area (TPSA) is 130 Å². The van der Waals surface area contributed by atoms with Crippen molar-refractivity contribution in [3.8, 4) is 35.1 Å². The van der Waals surface area contributed by atoms with E-state index >= 15 is 0 Å². The number of aliphatic hydroxyl groups is 2. The fourth-order valence-electron chi connectivity index (χ4n) is 19.4. The molecule has 18 rings (SSSR count). The highest BCUT2D eigenvalue weighted by molar-refractivity contribution is 6.30. The summed E-state index contributed by atoms with van der Waals surface area (Å²) in [5.41, 5.74) is 11.8. The molecule has 12 nitrogen and oxygen atoms in total. The fourth-order valence-corrected chi connectivity index (χ4v) is 19.8. The van der Waals surface area contributed by atoms with Crippen molar-refractivity contribution in [3.63, 3.8) is 0 Å². The van der Waals surface area contributed by atoms with Gasteiger partial charge in [0.05, 0.1) is 88.1 Å². The standard InChI is InChI=1S/C28H30ClFN2O.C28H28ClFN2O.C19H17FN2O.C18H16F4N2O/c2*1-3-15-33-28(13-11-20-5-4-6-23(29)16-20)14-12-22-17-26-21(18-27(22,28)2)19-31-32(26)25-9-7-24(30)8-10-25;1-3-19(23)9-8-14-10-17-13(11-18(14,19)2)12-21-22(17)16-6-4-15(20)5-7-16;1-16-9-11-10-23-24(14-4-2-13(19)3-5-14)15(11)8-12(16)6-7-17(16,25)18(20,21)22/h4-10,16-17,19H,3,11-15,18H2,1-2H3;3-10,16-17,19H,1,11-15,18H2,2H3;1,4-7,10,12,23H,8-9,11H2,2H3;2-5,8,10,25H,6-7,9H2,1H3/t2*27-,28-;18-,19+;16-,17-/m0000/s1. The molecule has 590 valence electrons. The van der Waals surface area contributed by atoms with Gasteiger partial charge in [-0.15, -0.1) is 13.0 Å². The van der Waals surface area contributed by atoms with Crippen molar-refractivity contribution in [2.24, 2.45) is 21.7 Å². The van der Waals surface area contributed by atoms with Crippen LogP contribution >= 0.6 is 23.2 Å². The molecule has 0 spiro atoms. The SMILES string of the molecule is C#C[C@@]1(O)CCC2=Cc3c(cnn3-c3ccc(F)cc3)C[C@@]21C.C=CCO[C@@]1(CCc2cccc(Cl)c2)CCC2=Cc3c(cnn3-c3ccc(F)cc3)C[C@@]21C.CCCO[C@@]1(CCc2cccc(Cl)c2)CCC2=Cc3c(cnn3-c3ccc(F)cc3)C[C@@]21C.C[C@]12Cc3cnn(-c4ccc(F)cc4)c3C=C1CC[C@@]2(O)C(F)(F)F. The van der Waals surface area contributed by atoms with Gasteiger partial charge in [-0.1, -0.05) is 116 Å². The molecular formula is C93H91Cl2F7N8O4. The first-order valence-corrected chi connectivity index (χ1v) is 39.8. The molecule has 0 bridgehead atoms. The van der Waals surface area contributed by atoms with Crippen LogP contribution in [0.25, 0.3) is 47.1 Å². The van der Waals surface area contributed by atoms with Crippen LogP contribution in [-0.2, 0) is 48.0 Å². The molecule has 10 aromatic rings. The van der Waals surface area contributed by atoms with E-state index < -0.39 is 28.2 Å². The third-order valence-electron chi connectivity index (χ3n) is 26.2. The van der Waals surface area contributed by atoms with Crippen molar-refractivity contribution in [1.82, 2.24) is 39.1 Å². The molecule has 4 fully saturated rings. The summed E-state index contributed by atoms with van der Waals surface area (Å²) < 4.78 is 114. The van der Waals surface area contributed by atoms with Crippen LogP contribution in [0, 0.1) is 57.3 Å². The second-order valence-corrected chi connectivity index (χ2v) is 33.4. The van der Waals surface area contributed by atoms with Crippen LogP contribution < -0.4 is 0 Å². The average Bonchev–Trinajstić information content (AvgIpc) is 1.55. The molecule has 2 N–H and O–H groups in total. The lowest BCUT2D eigenvalue weighted by molar-refractivity contribution is -0.287. The molecular weight excluding hydrogens is 1500 g/mol. The van der Waals surface area contributed by atoms with Gasteiger partial charge in [-0.05, 0) is 288 Å². The molecule has 0 unspecified atom stereocenters. The molecule has 4 aromatic heterocycles. The van der Waals surface area contributed by atoms with Gasteiger partial charge in [-0.2, -0.15) is 33.6 Å². The maximum atomic E-state index is 13.5. The van der Waals surface area contributed by atoms with Gasteiger partial charge in [0, 0.05) is 38.3 Å². The van der Waals surface area contributed by atoms with Gasteiger partial charge >= 0.3 is 6.18 Å². The van der Waals surface area contributed by atoms with Crippen LogP contribution in [0.5, 0.6) is 0 Å². The van der Waals surface area contributed by atoms with Crippen LogP contribution in [0.3, 0.4) is 0 Å². The Morgan fingerprint density at radius 1 is 0.482 bits per heavy atom. The van der Waals surface area contributed by atoms with Gasteiger partial charge in [-0.25, -0.2) is 36.3 Å². The number of aromatic nitrogens is 8. The summed E-state index contributed by atoms with van der Waals surface area (Å²) in [6.07, 6.45) is 30.8. The lowest BCUT2D eigenvalue weighted by Gasteiger charge is -2.46. The number of halogens is 9. The summed E-state index contributed by atoms with van der Waals surface area (Å²) in [6.45, 7) is 15.6. The van der Waals surface area contributed by atoms with Crippen LogP contribution in [0.1, 0.15) is 161 Å². The Kier molecular flexibility index (Phi) is 21.5. The molecule has 0 radical (unpaired) electrons. The molecule has 0 aliphatic heterocycles. The van der Waals surface area contributed by atoms with E-state index in [0.29, 0.717) is 42.0 Å². The van der Waals surface area contributed by atoms with Gasteiger partial charge in [0.15, 0.2) is 5.60 Å². The predicted octanol–water partition coefficient (Wildman–Crippen LogP) is 21.3. The molecule has 4 heterocycles. The molecule has 114 heavy (non-hydrogen) atoms. The van der Waals surface area contributed by atoms with Crippen molar-refractivity contribution in [1.29, 1.82) is 0 Å². The summed E-state index contributed by atoms with van der Waals surface area (Å²) in [6, 6.07) is 41.3. The molecule has 8 aliphatic carbocycles. The van der Waals surface area contributed by atoms with Crippen molar-refractivity contribution in [3.05, 3.63) is 295 Å². The predicted molar refractivity (Wildman–Crippen MR) is 432 cm³/mol. The number of rotatable bonds is 16. The maximum Gasteiger partial charge on any atom is 0.418 e. The quantitative estimate of drug-likeness (QED) is 0.0556. The molecule has 6 aromatic carbocycles. The molecule has 8 atom stereocenters. The number of hydrogen-bond donors (Lipinski definition) is 2. The van der Waals surface area contributed by atoms with Gasteiger partial charge in [0.2, 0.25) is 0 Å². The molecule has 8 aliphatic rings. The number of benzene rings is 6. The highest BCUT2D eigenvalue weighted by atomic mass is 35.5. The number of terminal acetylenes is 1. The van der Waals surface area contributed by atoms with Crippen molar-refractivity contribution in [2.75, 3.05) is 13.2 Å². The minimum absolute atomic E-state index is 0.0609. The number of ether oxygens (including phenoxy) is 2. The molecule has 21 heteroatoms. The number of hydrogen-bond acceptors (Lipinski definition) is 8. The summed E-state index contributed by atoms with van der Waals surface area (Å²) >= 11 is 12.5. The van der Waals surface area contributed by atoms with E-state index in [2.05, 4.69) is 90.1 Å². The summed E-state index contributed by atoms with van der Waals surface area (Å²) in [7, 11) is 0. The number of nitrogens with zero attached hydrogens (tertiary/aromatic N) is 8. The highest BCUT2D eigenvalue weighted by Gasteiger charge is 2.69. The average molecular weight is 1590 g/mol.